The molecule has 0 aromatic carbocycles. The molecule has 3 nitrogen and oxygen atoms in total. The number of rotatable bonds is 5. The molecule has 15 heavy (non-hydrogen) atoms. The minimum atomic E-state index is -0.605. The molecule has 0 spiro atoms. The largest absolute Gasteiger partial charge is 0.390 e. The van der Waals surface area contributed by atoms with Crippen LogP contribution < -0.4 is 0 Å². The summed E-state index contributed by atoms with van der Waals surface area (Å²) in [6.07, 6.45) is 4.91. The maximum Gasteiger partial charge on any atom is 0.0774 e. The summed E-state index contributed by atoms with van der Waals surface area (Å²) in [6.45, 7) is 5.23. The van der Waals surface area contributed by atoms with Crippen molar-refractivity contribution in [2.45, 2.75) is 57.2 Å². The standard InChI is InChI=1S/C12H25NO2/c1-11(2,14)8-9-13(3)10-12(15)6-4-5-7-12/h14-15H,4-10H2,1-3H3. The Morgan fingerprint density at radius 3 is 2.27 bits per heavy atom. The summed E-state index contributed by atoms with van der Waals surface area (Å²) in [5.74, 6) is 0. The zero-order valence-electron chi connectivity index (χ0n) is 10.3. The van der Waals surface area contributed by atoms with Gasteiger partial charge in [0.1, 0.15) is 0 Å². The van der Waals surface area contributed by atoms with Crippen LogP contribution in [0.1, 0.15) is 46.0 Å². The Morgan fingerprint density at radius 1 is 1.27 bits per heavy atom. The molecule has 0 atom stereocenters. The van der Waals surface area contributed by atoms with Gasteiger partial charge >= 0.3 is 0 Å². The van der Waals surface area contributed by atoms with Crippen molar-refractivity contribution in [1.82, 2.24) is 4.90 Å². The zero-order chi connectivity index (χ0) is 11.5. The van der Waals surface area contributed by atoms with Crippen molar-refractivity contribution < 1.29 is 10.2 Å². The van der Waals surface area contributed by atoms with E-state index in [9.17, 15) is 10.2 Å². The van der Waals surface area contributed by atoms with Crippen LogP contribution in [0, 0.1) is 0 Å². The van der Waals surface area contributed by atoms with Gasteiger partial charge in [-0.3, -0.25) is 0 Å². The third-order valence-corrected chi connectivity index (χ3v) is 3.20. The molecule has 0 bridgehead atoms. The van der Waals surface area contributed by atoms with Crippen molar-refractivity contribution in [2.24, 2.45) is 0 Å². The Hall–Kier alpha value is -0.120. The van der Waals surface area contributed by atoms with Gasteiger partial charge in [-0.25, -0.2) is 0 Å². The van der Waals surface area contributed by atoms with Gasteiger partial charge in [-0.15, -0.1) is 0 Å². The number of hydrogen-bond acceptors (Lipinski definition) is 3. The quantitative estimate of drug-likeness (QED) is 0.728. The van der Waals surface area contributed by atoms with Crippen molar-refractivity contribution in [3.05, 3.63) is 0 Å². The zero-order valence-corrected chi connectivity index (χ0v) is 10.3. The van der Waals surface area contributed by atoms with Crippen LogP contribution in [0.4, 0.5) is 0 Å². The van der Waals surface area contributed by atoms with Gasteiger partial charge in [0.05, 0.1) is 11.2 Å². The van der Waals surface area contributed by atoms with Crippen LogP contribution in [0.3, 0.4) is 0 Å². The monoisotopic (exact) mass is 215 g/mol. The van der Waals surface area contributed by atoms with E-state index in [1.807, 2.05) is 20.9 Å². The summed E-state index contributed by atoms with van der Waals surface area (Å²) < 4.78 is 0. The smallest absolute Gasteiger partial charge is 0.0774 e. The molecule has 3 heteroatoms. The number of likely N-dealkylation sites (N-methyl/N-ethyl adjacent to an activating group) is 1. The van der Waals surface area contributed by atoms with E-state index in [0.29, 0.717) is 0 Å². The van der Waals surface area contributed by atoms with E-state index in [1.54, 1.807) is 0 Å². The Morgan fingerprint density at radius 2 is 1.80 bits per heavy atom. The SMILES string of the molecule is CN(CCC(C)(C)O)CC1(O)CCCC1. The molecule has 90 valence electrons. The highest BCUT2D eigenvalue weighted by Gasteiger charge is 2.32. The van der Waals surface area contributed by atoms with E-state index in [4.69, 9.17) is 0 Å². The Bertz CT molecular complexity index is 192. The van der Waals surface area contributed by atoms with Gasteiger partial charge in [0.2, 0.25) is 0 Å². The lowest BCUT2D eigenvalue weighted by atomic mass is 10.0. The lowest BCUT2D eigenvalue weighted by Gasteiger charge is -2.30. The van der Waals surface area contributed by atoms with E-state index in [1.165, 1.54) is 0 Å². The summed E-state index contributed by atoms with van der Waals surface area (Å²) in [7, 11) is 2.02. The molecule has 1 saturated carbocycles. The van der Waals surface area contributed by atoms with E-state index in [0.717, 1.165) is 45.2 Å². The first-order chi connectivity index (χ1) is 6.81. The summed E-state index contributed by atoms with van der Waals surface area (Å²) in [5, 5.41) is 19.8. The summed E-state index contributed by atoms with van der Waals surface area (Å²) in [4.78, 5) is 2.13. The maximum absolute atomic E-state index is 10.2. The number of nitrogens with zero attached hydrogens (tertiary/aromatic N) is 1. The summed E-state index contributed by atoms with van der Waals surface area (Å²) in [5.41, 5.74) is -1.07. The molecule has 1 fully saturated rings. The van der Waals surface area contributed by atoms with Gasteiger partial charge < -0.3 is 15.1 Å². The second-order valence-electron chi connectivity index (χ2n) is 5.73. The van der Waals surface area contributed by atoms with Crippen LogP contribution >= 0.6 is 0 Å². The van der Waals surface area contributed by atoms with Crippen molar-refractivity contribution in [1.29, 1.82) is 0 Å². The molecule has 0 saturated heterocycles. The van der Waals surface area contributed by atoms with Crippen molar-refractivity contribution >= 4 is 0 Å². The lowest BCUT2D eigenvalue weighted by molar-refractivity contribution is 0.00569. The predicted molar refractivity (Wildman–Crippen MR) is 61.8 cm³/mol. The molecule has 0 radical (unpaired) electrons. The van der Waals surface area contributed by atoms with Crippen molar-refractivity contribution in [3.63, 3.8) is 0 Å². The van der Waals surface area contributed by atoms with E-state index >= 15 is 0 Å². The first kappa shape index (κ1) is 12.9. The second-order valence-corrected chi connectivity index (χ2v) is 5.73. The van der Waals surface area contributed by atoms with Crippen LogP contribution in [0.2, 0.25) is 0 Å². The molecule has 2 N–H and O–H groups in total. The first-order valence-corrected chi connectivity index (χ1v) is 5.94. The number of aliphatic hydroxyl groups is 2. The summed E-state index contributed by atoms with van der Waals surface area (Å²) in [6, 6.07) is 0. The molecule has 0 aliphatic heterocycles. The average molecular weight is 215 g/mol. The highest BCUT2D eigenvalue weighted by Crippen LogP contribution is 2.30. The van der Waals surface area contributed by atoms with Crippen molar-refractivity contribution in [3.8, 4) is 0 Å². The van der Waals surface area contributed by atoms with Crippen LogP contribution in [-0.4, -0.2) is 46.5 Å². The normalized spacial score (nSPS) is 21.2. The van der Waals surface area contributed by atoms with E-state index in [-0.39, 0.29) is 0 Å². The fourth-order valence-corrected chi connectivity index (χ4v) is 2.24. The Labute approximate surface area is 93.1 Å². The van der Waals surface area contributed by atoms with Gasteiger partial charge in [0.15, 0.2) is 0 Å². The van der Waals surface area contributed by atoms with Gasteiger partial charge in [0.25, 0.3) is 0 Å². The molecular weight excluding hydrogens is 190 g/mol. The van der Waals surface area contributed by atoms with E-state index in [2.05, 4.69) is 4.90 Å². The fraction of sp³-hybridized carbons (Fsp3) is 1.00. The molecule has 1 rings (SSSR count). The minimum absolute atomic E-state index is 0.464. The van der Waals surface area contributed by atoms with Gasteiger partial charge in [-0.05, 0) is 40.2 Å². The Kier molecular flexibility index (Phi) is 4.15. The summed E-state index contributed by atoms with van der Waals surface area (Å²) >= 11 is 0. The maximum atomic E-state index is 10.2. The molecule has 0 aromatic heterocycles. The topological polar surface area (TPSA) is 43.7 Å². The van der Waals surface area contributed by atoms with Crippen LogP contribution in [0.25, 0.3) is 0 Å². The van der Waals surface area contributed by atoms with Crippen molar-refractivity contribution in [2.75, 3.05) is 20.1 Å². The third kappa shape index (κ3) is 4.96. The average Bonchev–Trinajstić information content (AvgIpc) is 2.47. The predicted octanol–water partition coefficient (Wildman–Crippen LogP) is 1.38. The van der Waals surface area contributed by atoms with Gasteiger partial charge in [0, 0.05) is 13.1 Å². The van der Waals surface area contributed by atoms with Crippen LogP contribution in [-0.2, 0) is 0 Å². The van der Waals surface area contributed by atoms with Gasteiger partial charge in [-0.1, -0.05) is 12.8 Å². The van der Waals surface area contributed by atoms with Crippen LogP contribution in [0.5, 0.6) is 0 Å². The molecule has 1 aliphatic rings. The first-order valence-electron chi connectivity index (χ1n) is 5.94. The molecule has 1 aliphatic carbocycles. The van der Waals surface area contributed by atoms with Crippen LogP contribution in [0.15, 0.2) is 0 Å². The second kappa shape index (κ2) is 4.81. The number of hydrogen-bond donors (Lipinski definition) is 2. The lowest BCUT2D eigenvalue weighted by Crippen LogP contribution is -2.40. The third-order valence-electron chi connectivity index (χ3n) is 3.20. The highest BCUT2D eigenvalue weighted by atomic mass is 16.3. The molecule has 0 aromatic rings. The molecule has 0 heterocycles. The highest BCUT2D eigenvalue weighted by molar-refractivity contribution is 4.86. The molecule has 0 amide bonds. The Balaban J connectivity index is 2.26. The van der Waals surface area contributed by atoms with Gasteiger partial charge in [-0.2, -0.15) is 0 Å². The minimum Gasteiger partial charge on any atom is -0.390 e. The van der Waals surface area contributed by atoms with E-state index < -0.39 is 11.2 Å². The molecule has 0 unspecified atom stereocenters. The fourth-order valence-electron chi connectivity index (χ4n) is 2.24. The molecular formula is C12H25NO2.